The van der Waals surface area contributed by atoms with E-state index in [0.29, 0.717) is 0 Å². The second-order valence-electron chi connectivity index (χ2n) is 5.51. The quantitative estimate of drug-likeness (QED) is 0.737. The molecular formula is C19H24BrN. The van der Waals surface area contributed by atoms with Crippen molar-refractivity contribution in [1.82, 2.24) is 5.32 Å². The molecule has 0 saturated carbocycles. The van der Waals surface area contributed by atoms with Crippen LogP contribution in [0.1, 0.15) is 48.6 Å². The van der Waals surface area contributed by atoms with Crippen LogP contribution in [0.4, 0.5) is 0 Å². The summed E-state index contributed by atoms with van der Waals surface area (Å²) in [4.78, 5) is 0. The van der Waals surface area contributed by atoms with Gasteiger partial charge < -0.3 is 5.32 Å². The summed E-state index contributed by atoms with van der Waals surface area (Å²) in [7, 11) is 0. The number of benzene rings is 2. The smallest absolute Gasteiger partial charge is 0.0587 e. The van der Waals surface area contributed by atoms with Gasteiger partial charge in [-0.1, -0.05) is 66.2 Å². The summed E-state index contributed by atoms with van der Waals surface area (Å²) in [6.07, 6.45) is 2.21. The van der Waals surface area contributed by atoms with Gasteiger partial charge in [0.05, 0.1) is 6.04 Å². The highest BCUT2D eigenvalue weighted by molar-refractivity contribution is 9.10. The Morgan fingerprint density at radius 2 is 1.90 bits per heavy atom. The first-order chi connectivity index (χ1) is 10.2. The molecule has 1 atom stereocenters. The van der Waals surface area contributed by atoms with Crippen LogP contribution in [-0.4, -0.2) is 6.54 Å². The molecule has 0 heterocycles. The molecule has 1 N–H and O–H groups in total. The Bertz CT molecular complexity index is 592. The maximum atomic E-state index is 3.73. The fourth-order valence-corrected chi connectivity index (χ4v) is 3.28. The van der Waals surface area contributed by atoms with Crippen molar-refractivity contribution < 1.29 is 0 Å². The highest BCUT2D eigenvalue weighted by Crippen LogP contribution is 2.30. The Labute approximate surface area is 136 Å². The molecule has 0 amide bonds. The van der Waals surface area contributed by atoms with Crippen LogP contribution in [0.25, 0.3) is 0 Å². The molecule has 0 aliphatic carbocycles. The van der Waals surface area contributed by atoms with E-state index in [1.165, 1.54) is 26.7 Å². The minimum absolute atomic E-state index is 0.242. The van der Waals surface area contributed by atoms with Crippen molar-refractivity contribution in [3.8, 4) is 0 Å². The van der Waals surface area contributed by atoms with Crippen molar-refractivity contribution in [3.63, 3.8) is 0 Å². The molecule has 0 radical (unpaired) electrons. The van der Waals surface area contributed by atoms with Crippen LogP contribution in [0.15, 0.2) is 46.9 Å². The van der Waals surface area contributed by atoms with Gasteiger partial charge in [-0.05, 0) is 54.6 Å². The summed E-state index contributed by atoms with van der Waals surface area (Å²) in [5.74, 6) is 0. The van der Waals surface area contributed by atoms with Gasteiger partial charge in [-0.3, -0.25) is 0 Å². The van der Waals surface area contributed by atoms with Crippen molar-refractivity contribution in [1.29, 1.82) is 0 Å². The zero-order valence-electron chi connectivity index (χ0n) is 13.1. The van der Waals surface area contributed by atoms with Crippen LogP contribution in [0.2, 0.25) is 0 Å². The summed E-state index contributed by atoms with van der Waals surface area (Å²) in [5, 5.41) is 3.68. The number of hydrogen-bond acceptors (Lipinski definition) is 1. The zero-order chi connectivity index (χ0) is 15.2. The molecule has 1 unspecified atom stereocenters. The lowest BCUT2D eigenvalue weighted by Crippen LogP contribution is -2.23. The van der Waals surface area contributed by atoms with Gasteiger partial charge in [0.1, 0.15) is 0 Å². The van der Waals surface area contributed by atoms with Gasteiger partial charge in [-0.2, -0.15) is 0 Å². The number of rotatable bonds is 6. The highest BCUT2D eigenvalue weighted by Gasteiger charge is 2.16. The molecule has 1 nitrogen and oxygen atoms in total. The third kappa shape index (κ3) is 4.18. The molecule has 21 heavy (non-hydrogen) atoms. The molecule has 0 fully saturated rings. The molecule has 2 aromatic carbocycles. The summed E-state index contributed by atoms with van der Waals surface area (Å²) >= 11 is 3.73. The van der Waals surface area contributed by atoms with Gasteiger partial charge in [-0.15, -0.1) is 0 Å². The van der Waals surface area contributed by atoms with E-state index in [1.807, 2.05) is 0 Å². The van der Waals surface area contributed by atoms with Crippen LogP contribution < -0.4 is 5.32 Å². The van der Waals surface area contributed by atoms with Crippen molar-refractivity contribution >= 4 is 15.9 Å². The number of aryl methyl sites for hydroxylation is 2. The fourth-order valence-electron chi connectivity index (χ4n) is 2.55. The number of hydrogen-bond donors (Lipinski definition) is 1. The zero-order valence-corrected chi connectivity index (χ0v) is 14.7. The predicted molar refractivity (Wildman–Crippen MR) is 94.8 cm³/mol. The molecule has 112 valence electrons. The molecule has 2 aromatic rings. The predicted octanol–water partition coefficient (Wildman–Crippen LogP) is 5.41. The second-order valence-corrected chi connectivity index (χ2v) is 6.37. The minimum Gasteiger partial charge on any atom is -0.306 e. The topological polar surface area (TPSA) is 12.0 Å². The van der Waals surface area contributed by atoms with Crippen molar-refractivity contribution in [2.24, 2.45) is 0 Å². The molecular weight excluding hydrogens is 322 g/mol. The van der Waals surface area contributed by atoms with E-state index in [1.54, 1.807) is 0 Å². The van der Waals surface area contributed by atoms with Gasteiger partial charge in [0.2, 0.25) is 0 Å². The summed E-state index contributed by atoms with van der Waals surface area (Å²) in [6.45, 7) is 7.55. The van der Waals surface area contributed by atoms with Gasteiger partial charge in [-0.25, -0.2) is 0 Å². The van der Waals surface area contributed by atoms with E-state index in [0.717, 1.165) is 19.4 Å². The van der Waals surface area contributed by atoms with Gasteiger partial charge >= 0.3 is 0 Å². The average Bonchev–Trinajstić information content (AvgIpc) is 2.49. The Balaban J connectivity index is 2.41. The summed E-state index contributed by atoms with van der Waals surface area (Å²) < 4.78 is 1.18. The standard InChI is InChI=1S/C19H24BrN/c1-4-11-21-19(16-8-6-7-15(5-2)13-16)17-10-9-14(3)12-18(17)20/h6-10,12-13,19,21H,4-5,11H2,1-3H3. The molecule has 0 saturated heterocycles. The molecule has 0 aliphatic heterocycles. The highest BCUT2D eigenvalue weighted by atomic mass is 79.9. The Morgan fingerprint density at radius 1 is 1.10 bits per heavy atom. The maximum Gasteiger partial charge on any atom is 0.0587 e. The lowest BCUT2D eigenvalue weighted by molar-refractivity contribution is 0.596. The SMILES string of the molecule is CCCNC(c1cccc(CC)c1)c1ccc(C)cc1Br. The molecule has 0 spiro atoms. The van der Waals surface area contributed by atoms with Crippen molar-refractivity contribution in [2.45, 2.75) is 39.7 Å². The molecule has 2 rings (SSSR count). The third-order valence-electron chi connectivity index (χ3n) is 3.76. The van der Waals surface area contributed by atoms with Crippen molar-refractivity contribution in [2.75, 3.05) is 6.54 Å². The van der Waals surface area contributed by atoms with Crippen LogP contribution in [0.5, 0.6) is 0 Å². The first kappa shape index (κ1) is 16.3. The summed E-state index contributed by atoms with van der Waals surface area (Å²) in [5.41, 5.74) is 5.32. The monoisotopic (exact) mass is 345 g/mol. The molecule has 2 heteroatoms. The lowest BCUT2D eigenvalue weighted by atomic mass is 9.95. The Hall–Kier alpha value is -1.12. The lowest BCUT2D eigenvalue weighted by Gasteiger charge is -2.22. The normalized spacial score (nSPS) is 12.4. The second kappa shape index (κ2) is 7.77. The molecule has 0 bridgehead atoms. The van der Waals surface area contributed by atoms with E-state index in [9.17, 15) is 0 Å². The van der Waals surface area contributed by atoms with Crippen LogP contribution >= 0.6 is 15.9 Å². The first-order valence-electron chi connectivity index (χ1n) is 7.74. The Morgan fingerprint density at radius 3 is 2.57 bits per heavy atom. The van der Waals surface area contributed by atoms with Gasteiger partial charge in [0.25, 0.3) is 0 Å². The first-order valence-corrected chi connectivity index (χ1v) is 8.53. The minimum atomic E-state index is 0.242. The fraction of sp³-hybridized carbons (Fsp3) is 0.368. The van der Waals surface area contributed by atoms with E-state index >= 15 is 0 Å². The van der Waals surface area contributed by atoms with Gasteiger partial charge in [0.15, 0.2) is 0 Å². The van der Waals surface area contributed by atoms with Crippen LogP contribution in [0.3, 0.4) is 0 Å². The molecule has 0 aliphatic rings. The third-order valence-corrected chi connectivity index (χ3v) is 4.44. The van der Waals surface area contributed by atoms with Crippen molar-refractivity contribution in [3.05, 3.63) is 69.2 Å². The van der Waals surface area contributed by atoms with E-state index in [2.05, 4.69) is 84.5 Å². The largest absolute Gasteiger partial charge is 0.306 e. The Kier molecular flexibility index (Phi) is 6.01. The average molecular weight is 346 g/mol. The van der Waals surface area contributed by atoms with E-state index in [4.69, 9.17) is 0 Å². The molecule has 0 aromatic heterocycles. The van der Waals surface area contributed by atoms with Crippen LogP contribution in [0, 0.1) is 6.92 Å². The summed E-state index contributed by atoms with van der Waals surface area (Å²) in [6, 6.07) is 15.8. The van der Waals surface area contributed by atoms with Crippen LogP contribution in [-0.2, 0) is 6.42 Å². The van der Waals surface area contributed by atoms with Gasteiger partial charge in [0, 0.05) is 4.47 Å². The maximum absolute atomic E-state index is 3.73. The van der Waals surface area contributed by atoms with E-state index < -0.39 is 0 Å². The van der Waals surface area contributed by atoms with E-state index in [-0.39, 0.29) is 6.04 Å². The number of nitrogens with one attached hydrogen (secondary N) is 1. The number of halogens is 1.